The van der Waals surface area contributed by atoms with E-state index in [1.165, 1.54) is 70.8 Å². The third kappa shape index (κ3) is 38.3. The molecule has 0 aromatic rings. The van der Waals surface area contributed by atoms with Gasteiger partial charge in [0.1, 0.15) is 0 Å². The summed E-state index contributed by atoms with van der Waals surface area (Å²) in [6.07, 6.45) is 14.4. The molecule has 0 spiro atoms. The van der Waals surface area contributed by atoms with E-state index in [2.05, 4.69) is 28.1 Å². The SMILES string of the molecule is CCCCCCCCCCCC[N+](C)(C)C.[O]=[Re](=[O])(=[O])[O-]. The van der Waals surface area contributed by atoms with Crippen molar-refractivity contribution in [2.24, 2.45) is 0 Å². The van der Waals surface area contributed by atoms with Gasteiger partial charge in [-0.25, -0.2) is 0 Å². The van der Waals surface area contributed by atoms with Crippen molar-refractivity contribution < 1.29 is 34.5 Å². The molecule has 0 amide bonds. The number of hydrogen-bond acceptors (Lipinski definition) is 4. The van der Waals surface area contributed by atoms with Crippen LogP contribution in [0.5, 0.6) is 0 Å². The number of unbranched alkanes of at least 4 members (excludes halogenated alkanes) is 9. The quantitative estimate of drug-likeness (QED) is 0.338. The van der Waals surface area contributed by atoms with Crippen LogP contribution in [-0.2, 0) is 26.2 Å². The van der Waals surface area contributed by atoms with Crippen LogP contribution < -0.4 is 3.83 Å². The predicted octanol–water partition coefficient (Wildman–Crippen LogP) is 3.07. The molecule has 0 fully saturated rings. The summed E-state index contributed by atoms with van der Waals surface area (Å²) in [5, 5.41) is 0. The summed E-state index contributed by atoms with van der Waals surface area (Å²) >= 11 is -6.11. The van der Waals surface area contributed by atoms with E-state index < -0.39 is 15.8 Å². The molecule has 6 heteroatoms. The van der Waals surface area contributed by atoms with Crippen LogP contribution in [0.4, 0.5) is 0 Å². The second-order valence-corrected chi connectivity index (χ2v) is 9.29. The summed E-state index contributed by atoms with van der Waals surface area (Å²) in [6, 6.07) is 0. The van der Waals surface area contributed by atoms with E-state index in [0.717, 1.165) is 4.48 Å². The Labute approximate surface area is 133 Å². The number of hydrogen-bond donors (Lipinski definition) is 0. The summed E-state index contributed by atoms with van der Waals surface area (Å²) in [5.74, 6) is 0. The average Bonchev–Trinajstić information content (AvgIpc) is 2.28. The van der Waals surface area contributed by atoms with E-state index in [1.807, 2.05) is 0 Å². The van der Waals surface area contributed by atoms with Crippen molar-refractivity contribution in [1.82, 2.24) is 0 Å². The molecule has 5 nitrogen and oxygen atoms in total. The van der Waals surface area contributed by atoms with Crippen molar-refractivity contribution in [3.63, 3.8) is 0 Å². The average molecular weight is 479 g/mol. The Bertz CT molecular complexity index is 352. The molecule has 130 valence electrons. The van der Waals surface area contributed by atoms with Gasteiger partial charge in [-0.15, -0.1) is 0 Å². The summed E-state index contributed by atoms with van der Waals surface area (Å²) in [5.41, 5.74) is 0. The minimum atomic E-state index is -6.11. The molecule has 0 aliphatic heterocycles. The fourth-order valence-corrected chi connectivity index (χ4v) is 2.07. The van der Waals surface area contributed by atoms with Crippen LogP contribution in [0.3, 0.4) is 0 Å². The van der Waals surface area contributed by atoms with Gasteiger partial charge in [-0.1, -0.05) is 58.3 Å². The molecule has 0 aromatic carbocycles. The van der Waals surface area contributed by atoms with Gasteiger partial charge in [-0.2, -0.15) is 0 Å². The van der Waals surface area contributed by atoms with Gasteiger partial charge < -0.3 is 4.48 Å². The summed E-state index contributed by atoms with van der Waals surface area (Å²) in [7, 11) is 6.86. The first-order valence-corrected chi connectivity index (χ1v) is 12.4. The molecule has 0 N–H and O–H groups in total. The molecule has 0 rings (SSSR count). The Kier molecular flexibility index (Phi) is 15.1. The fourth-order valence-electron chi connectivity index (χ4n) is 2.07. The van der Waals surface area contributed by atoms with E-state index in [9.17, 15) is 0 Å². The van der Waals surface area contributed by atoms with Crippen LogP contribution in [0.1, 0.15) is 71.1 Å². The normalized spacial score (nSPS) is 11.9. The van der Waals surface area contributed by atoms with E-state index in [0.29, 0.717) is 0 Å². The Balaban J connectivity index is 0. The van der Waals surface area contributed by atoms with Gasteiger partial charge in [0.15, 0.2) is 0 Å². The molecular weight excluding hydrogens is 444 g/mol. The molecule has 0 atom stereocenters. The standard InChI is InChI=1S/C15H34N.4O.Re/c1-5-6-7-8-9-10-11-12-13-14-15-16(2,3)4;;;;;/h5-15H2,1-4H3;;;;;/q+1;;;;-1;. The van der Waals surface area contributed by atoms with Crippen LogP contribution >= 0.6 is 0 Å². The van der Waals surface area contributed by atoms with E-state index in [1.54, 1.807) is 0 Å². The van der Waals surface area contributed by atoms with Crippen molar-refractivity contribution >= 4 is 0 Å². The van der Waals surface area contributed by atoms with Crippen LogP contribution in [-0.4, -0.2) is 32.2 Å². The van der Waals surface area contributed by atoms with Gasteiger partial charge in [-0.3, -0.25) is 0 Å². The van der Waals surface area contributed by atoms with Crippen molar-refractivity contribution in [3.05, 3.63) is 0 Å². The van der Waals surface area contributed by atoms with Crippen molar-refractivity contribution in [3.8, 4) is 0 Å². The van der Waals surface area contributed by atoms with Crippen LogP contribution in [0.15, 0.2) is 0 Å². The third-order valence-corrected chi connectivity index (χ3v) is 3.18. The Morgan fingerprint density at radius 2 is 1.00 bits per heavy atom. The third-order valence-electron chi connectivity index (χ3n) is 3.18. The van der Waals surface area contributed by atoms with Crippen LogP contribution in [0.2, 0.25) is 0 Å². The van der Waals surface area contributed by atoms with Crippen molar-refractivity contribution in [1.29, 1.82) is 0 Å². The van der Waals surface area contributed by atoms with Crippen LogP contribution in [0.25, 0.3) is 0 Å². The maximum absolute atomic E-state index is 8.64. The first-order valence-electron chi connectivity index (χ1n) is 7.98. The molecule has 0 radical (unpaired) electrons. The molecule has 0 bridgehead atoms. The Hall–Kier alpha value is -0.0177. The van der Waals surface area contributed by atoms with Crippen molar-refractivity contribution in [2.45, 2.75) is 71.1 Å². The van der Waals surface area contributed by atoms with Gasteiger partial charge in [-0.05, 0) is 12.8 Å². The van der Waals surface area contributed by atoms with E-state index in [-0.39, 0.29) is 0 Å². The topological polar surface area (TPSA) is 74.3 Å². The van der Waals surface area contributed by atoms with Gasteiger partial charge in [0, 0.05) is 0 Å². The monoisotopic (exact) mass is 479 g/mol. The van der Waals surface area contributed by atoms with Gasteiger partial charge in [0.2, 0.25) is 0 Å². The van der Waals surface area contributed by atoms with Gasteiger partial charge >= 0.3 is 30.0 Å². The summed E-state index contributed by atoms with van der Waals surface area (Å²) < 4.78 is 35.7. The Morgan fingerprint density at radius 1 is 0.714 bits per heavy atom. The number of rotatable bonds is 11. The van der Waals surface area contributed by atoms with E-state index >= 15 is 0 Å². The molecular formula is C15H34NO4Re. The summed E-state index contributed by atoms with van der Waals surface area (Å²) in [6.45, 7) is 3.62. The second kappa shape index (κ2) is 13.6. The second-order valence-electron chi connectivity index (χ2n) is 6.57. The Morgan fingerprint density at radius 3 is 1.29 bits per heavy atom. The molecule has 21 heavy (non-hydrogen) atoms. The molecule has 0 saturated heterocycles. The molecule has 0 saturated carbocycles. The zero-order chi connectivity index (χ0) is 16.8. The fraction of sp³-hybridized carbons (Fsp3) is 1.00. The summed E-state index contributed by atoms with van der Waals surface area (Å²) in [4.78, 5) is 0. The first kappa shape index (κ1) is 23.3. The molecule has 0 unspecified atom stereocenters. The van der Waals surface area contributed by atoms with Crippen molar-refractivity contribution in [2.75, 3.05) is 27.7 Å². The number of nitrogens with zero attached hydrogens (tertiary/aromatic N) is 1. The van der Waals surface area contributed by atoms with Gasteiger partial charge in [0.05, 0.1) is 27.7 Å². The molecule has 0 aromatic heterocycles. The molecule has 0 heterocycles. The van der Waals surface area contributed by atoms with E-state index in [4.69, 9.17) is 14.2 Å². The number of quaternary nitrogens is 1. The minimum absolute atomic E-state index is 1.12. The molecule has 0 aliphatic carbocycles. The first-order chi connectivity index (χ1) is 9.56. The predicted molar refractivity (Wildman–Crippen MR) is 76.8 cm³/mol. The van der Waals surface area contributed by atoms with Crippen LogP contribution in [0, 0.1) is 0 Å². The maximum atomic E-state index is 8.64. The van der Waals surface area contributed by atoms with Gasteiger partial charge in [0.25, 0.3) is 0 Å². The molecule has 0 aliphatic rings. The zero-order valence-electron chi connectivity index (χ0n) is 14.2. The zero-order valence-corrected chi connectivity index (χ0v) is 17.0.